The van der Waals surface area contributed by atoms with Crippen molar-refractivity contribution in [3.8, 4) is 5.75 Å². The summed E-state index contributed by atoms with van der Waals surface area (Å²) in [5.41, 5.74) is 5.11. The van der Waals surface area contributed by atoms with Crippen LogP contribution in [0.1, 0.15) is 27.9 Å². The van der Waals surface area contributed by atoms with E-state index in [0.717, 1.165) is 34.0 Å². The maximum absolute atomic E-state index is 12.8. The van der Waals surface area contributed by atoms with Gasteiger partial charge in [0.25, 0.3) is 0 Å². The van der Waals surface area contributed by atoms with E-state index in [4.69, 9.17) is 9.73 Å². The Bertz CT molecular complexity index is 1040. The molecule has 1 heterocycles. The van der Waals surface area contributed by atoms with E-state index >= 15 is 0 Å². The first-order valence-electron chi connectivity index (χ1n) is 9.30. The van der Waals surface area contributed by atoms with Crippen LogP contribution in [-0.2, 0) is 6.61 Å². The molecule has 0 spiro atoms. The molecule has 4 heteroatoms. The fourth-order valence-corrected chi connectivity index (χ4v) is 3.28. The topological polar surface area (TPSA) is 41.9 Å². The lowest BCUT2D eigenvalue weighted by Gasteiger charge is -2.20. The minimum atomic E-state index is 0.0848. The van der Waals surface area contributed by atoms with Crippen molar-refractivity contribution >= 4 is 22.9 Å². The van der Waals surface area contributed by atoms with Gasteiger partial charge in [0.05, 0.1) is 17.8 Å². The highest BCUT2D eigenvalue weighted by Gasteiger charge is 2.23. The van der Waals surface area contributed by atoms with Crippen molar-refractivity contribution in [2.75, 3.05) is 19.0 Å². The Morgan fingerprint density at radius 1 is 0.929 bits per heavy atom. The highest BCUT2D eigenvalue weighted by atomic mass is 16.5. The zero-order chi connectivity index (χ0) is 19.5. The molecule has 0 radical (unpaired) electrons. The van der Waals surface area contributed by atoms with E-state index < -0.39 is 0 Å². The molecule has 0 unspecified atom stereocenters. The number of carbonyl (C=O) groups excluding carboxylic acids is 1. The summed E-state index contributed by atoms with van der Waals surface area (Å²) in [6, 6.07) is 23.6. The van der Waals surface area contributed by atoms with Gasteiger partial charge in [0, 0.05) is 30.9 Å². The summed E-state index contributed by atoms with van der Waals surface area (Å²) < 4.78 is 6.05. The Morgan fingerprint density at radius 2 is 1.68 bits per heavy atom. The zero-order valence-corrected chi connectivity index (χ0v) is 16.1. The van der Waals surface area contributed by atoms with Crippen LogP contribution in [0.4, 0.5) is 11.4 Å². The molecule has 4 rings (SSSR count). The minimum absolute atomic E-state index is 0.0848. The number of para-hydroxylation sites is 1. The van der Waals surface area contributed by atoms with Gasteiger partial charge in [0.2, 0.25) is 0 Å². The van der Waals surface area contributed by atoms with Crippen molar-refractivity contribution in [2.24, 2.45) is 4.99 Å². The van der Waals surface area contributed by atoms with Crippen LogP contribution >= 0.6 is 0 Å². The normalized spacial score (nSPS) is 12.9. The summed E-state index contributed by atoms with van der Waals surface area (Å²) in [4.78, 5) is 19.6. The summed E-state index contributed by atoms with van der Waals surface area (Å²) in [5.74, 6) is 0.827. The molecule has 0 saturated carbocycles. The Labute approximate surface area is 165 Å². The Hall–Kier alpha value is -3.40. The predicted octanol–water partition coefficient (Wildman–Crippen LogP) is 5.04. The molecule has 0 amide bonds. The van der Waals surface area contributed by atoms with Crippen LogP contribution in [0.2, 0.25) is 0 Å². The van der Waals surface area contributed by atoms with Gasteiger partial charge >= 0.3 is 0 Å². The molecule has 3 aromatic rings. The number of rotatable bonds is 5. The van der Waals surface area contributed by atoms with Gasteiger partial charge in [-0.2, -0.15) is 0 Å². The molecule has 140 valence electrons. The maximum Gasteiger partial charge on any atom is 0.171 e. The second-order valence-corrected chi connectivity index (χ2v) is 7.02. The minimum Gasteiger partial charge on any atom is -0.488 e. The predicted molar refractivity (Wildman–Crippen MR) is 113 cm³/mol. The second-order valence-electron chi connectivity index (χ2n) is 7.02. The fourth-order valence-electron chi connectivity index (χ4n) is 3.28. The molecule has 28 heavy (non-hydrogen) atoms. The highest BCUT2D eigenvalue weighted by Crippen LogP contribution is 2.33. The van der Waals surface area contributed by atoms with E-state index in [1.165, 1.54) is 0 Å². The first-order chi connectivity index (χ1) is 13.6. The van der Waals surface area contributed by atoms with Gasteiger partial charge in [-0.05, 0) is 35.9 Å². The molecular weight excluding hydrogens is 348 g/mol. The molecule has 0 aromatic heterocycles. The maximum atomic E-state index is 12.8. The first-order valence-corrected chi connectivity index (χ1v) is 9.30. The SMILES string of the molecule is CN(C)c1ccc2c(c1)C(=O)CC(c1ccccc1OCc1ccccc1)=N2. The van der Waals surface area contributed by atoms with E-state index in [9.17, 15) is 4.79 Å². The average molecular weight is 370 g/mol. The summed E-state index contributed by atoms with van der Waals surface area (Å²) in [6.45, 7) is 0.474. The van der Waals surface area contributed by atoms with Crippen LogP contribution in [0, 0.1) is 0 Å². The van der Waals surface area contributed by atoms with Crippen molar-refractivity contribution in [3.05, 3.63) is 89.5 Å². The van der Waals surface area contributed by atoms with Crippen molar-refractivity contribution in [3.63, 3.8) is 0 Å². The third-order valence-corrected chi connectivity index (χ3v) is 4.82. The van der Waals surface area contributed by atoms with Gasteiger partial charge < -0.3 is 9.64 Å². The molecule has 1 aliphatic heterocycles. The van der Waals surface area contributed by atoms with Crippen LogP contribution < -0.4 is 9.64 Å². The Morgan fingerprint density at radius 3 is 2.46 bits per heavy atom. The number of ether oxygens (including phenoxy) is 1. The van der Waals surface area contributed by atoms with E-state index in [0.29, 0.717) is 12.2 Å². The molecule has 0 bridgehead atoms. The van der Waals surface area contributed by atoms with E-state index in [2.05, 4.69) is 0 Å². The monoisotopic (exact) mass is 370 g/mol. The van der Waals surface area contributed by atoms with Crippen molar-refractivity contribution in [2.45, 2.75) is 13.0 Å². The Balaban J connectivity index is 1.65. The lowest BCUT2D eigenvalue weighted by atomic mass is 9.95. The van der Waals surface area contributed by atoms with Gasteiger partial charge in [-0.25, -0.2) is 0 Å². The van der Waals surface area contributed by atoms with Gasteiger partial charge in [0.15, 0.2) is 5.78 Å². The molecule has 0 N–H and O–H groups in total. The summed E-state index contributed by atoms with van der Waals surface area (Å²) in [6.07, 6.45) is 0.273. The molecule has 0 saturated heterocycles. The summed E-state index contributed by atoms with van der Waals surface area (Å²) in [7, 11) is 3.92. The molecule has 0 atom stereocenters. The second kappa shape index (κ2) is 7.69. The van der Waals surface area contributed by atoms with Gasteiger partial charge in [-0.15, -0.1) is 0 Å². The number of hydrogen-bond acceptors (Lipinski definition) is 4. The van der Waals surface area contributed by atoms with Crippen molar-refractivity contribution < 1.29 is 9.53 Å². The zero-order valence-electron chi connectivity index (χ0n) is 16.1. The molecule has 0 aliphatic carbocycles. The number of ketones is 1. The van der Waals surface area contributed by atoms with E-state index in [1.807, 2.05) is 91.8 Å². The van der Waals surface area contributed by atoms with Crippen LogP contribution in [-0.4, -0.2) is 25.6 Å². The third-order valence-electron chi connectivity index (χ3n) is 4.82. The number of benzene rings is 3. The number of aliphatic imine (C=N–C) groups is 1. The van der Waals surface area contributed by atoms with Crippen molar-refractivity contribution in [1.29, 1.82) is 0 Å². The van der Waals surface area contributed by atoms with E-state index in [1.54, 1.807) is 0 Å². The number of anilines is 1. The van der Waals surface area contributed by atoms with Crippen LogP contribution in [0.3, 0.4) is 0 Å². The Kier molecular flexibility index (Phi) is 4.94. The van der Waals surface area contributed by atoms with Gasteiger partial charge in [-0.1, -0.05) is 42.5 Å². The molecule has 1 aliphatic rings. The third kappa shape index (κ3) is 3.67. The van der Waals surface area contributed by atoms with Gasteiger partial charge in [0.1, 0.15) is 12.4 Å². The molecule has 3 aromatic carbocycles. The van der Waals surface area contributed by atoms with Gasteiger partial charge in [-0.3, -0.25) is 9.79 Å². The number of Topliss-reactive ketones (excluding diaryl/α,β-unsaturated/α-hetero) is 1. The summed E-state index contributed by atoms with van der Waals surface area (Å²) in [5, 5.41) is 0. The number of hydrogen-bond donors (Lipinski definition) is 0. The number of carbonyl (C=O) groups is 1. The van der Waals surface area contributed by atoms with Crippen molar-refractivity contribution in [1.82, 2.24) is 0 Å². The fraction of sp³-hybridized carbons (Fsp3) is 0.167. The average Bonchev–Trinajstić information content (AvgIpc) is 2.73. The van der Waals surface area contributed by atoms with Crippen LogP contribution in [0.15, 0.2) is 77.8 Å². The molecule has 4 nitrogen and oxygen atoms in total. The van der Waals surface area contributed by atoms with Crippen LogP contribution in [0.25, 0.3) is 0 Å². The summed E-state index contributed by atoms with van der Waals surface area (Å²) >= 11 is 0. The highest BCUT2D eigenvalue weighted by molar-refractivity contribution is 6.21. The largest absolute Gasteiger partial charge is 0.488 e. The lowest BCUT2D eigenvalue weighted by molar-refractivity contribution is 0.1000. The quantitative estimate of drug-likeness (QED) is 0.632. The first kappa shape index (κ1) is 18.0. The number of nitrogens with zero attached hydrogens (tertiary/aromatic N) is 2. The van der Waals surface area contributed by atoms with Crippen LogP contribution in [0.5, 0.6) is 5.75 Å². The van der Waals surface area contributed by atoms with E-state index in [-0.39, 0.29) is 12.2 Å². The molecular formula is C24H22N2O2. The standard InChI is InChI=1S/C24H22N2O2/c1-26(2)18-12-13-21-20(14-18)23(27)15-22(25-21)19-10-6-7-11-24(19)28-16-17-8-4-3-5-9-17/h3-14H,15-16H2,1-2H3. The number of fused-ring (bicyclic) bond motifs is 1. The molecule has 0 fully saturated rings. The lowest BCUT2D eigenvalue weighted by Crippen LogP contribution is -2.17. The smallest absolute Gasteiger partial charge is 0.171 e.